The Balaban J connectivity index is 1.38. The van der Waals surface area contributed by atoms with Gasteiger partial charge in [-0.2, -0.15) is 0 Å². The van der Waals surface area contributed by atoms with Gasteiger partial charge in [-0.15, -0.1) is 0 Å². The summed E-state index contributed by atoms with van der Waals surface area (Å²) >= 11 is 0. The Hall–Kier alpha value is -0.160. The number of rotatable bonds is 5. The van der Waals surface area contributed by atoms with Gasteiger partial charge in [0.25, 0.3) is 0 Å². The molecule has 3 atom stereocenters. The molecule has 0 aromatic heterocycles. The van der Waals surface area contributed by atoms with Gasteiger partial charge in [0, 0.05) is 38.3 Å². The predicted molar refractivity (Wildman–Crippen MR) is 77.4 cm³/mol. The molecular weight excluding hydrogens is 238 g/mol. The maximum atomic E-state index is 5.39. The van der Waals surface area contributed by atoms with E-state index in [-0.39, 0.29) is 0 Å². The van der Waals surface area contributed by atoms with Crippen LogP contribution in [0.2, 0.25) is 0 Å². The first-order valence-electron chi connectivity index (χ1n) is 8.20. The highest BCUT2D eigenvalue weighted by Crippen LogP contribution is 2.31. The highest BCUT2D eigenvalue weighted by atomic mass is 16.5. The number of morpholine rings is 1. The monoisotopic (exact) mass is 267 g/mol. The first kappa shape index (κ1) is 13.8. The van der Waals surface area contributed by atoms with E-state index in [1.807, 2.05) is 0 Å². The minimum Gasteiger partial charge on any atom is -0.379 e. The maximum Gasteiger partial charge on any atom is 0.0594 e. The van der Waals surface area contributed by atoms with Gasteiger partial charge in [0.15, 0.2) is 0 Å². The van der Waals surface area contributed by atoms with Crippen LogP contribution < -0.4 is 10.6 Å². The Morgan fingerprint density at radius 2 is 2.00 bits per heavy atom. The molecule has 4 heteroatoms. The van der Waals surface area contributed by atoms with Crippen LogP contribution in [0.15, 0.2) is 0 Å². The second-order valence-electron chi connectivity index (χ2n) is 6.31. The molecule has 0 aromatic rings. The minimum absolute atomic E-state index is 0.761. The van der Waals surface area contributed by atoms with E-state index in [0.717, 1.165) is 50.8 Å². The van der Waals surface area contributed by atoms with Gasteiger partial charge >= 0.3 is 0 Å². The summed E-state index contributed by atoms with van der Waals surface area (Å²) in [5, 5.41) is 7.53. The lowest BCUT2D eigenvalue weighted by atomic mass is 9.93. The van der Waals surface area contributed by atoms with E-state index in [4.69, 9.17) is 4.74 Å². The van der Waals surface area contributed by atoms with Gasteiger partial charge in [0.05, 0.1) is 13.2 Å². The average molecular weight is 267 g/mol. The quantitative estimate of drug-likeness (QED) is 0.773. The molecule has 2 aliphatic heterocycles. The van der Waals surface area contributed by atoms with Crippen molar-refractivity contribution >= 4 is 0 Å². The van der Waals surface area contributed by atoms with Crippen LogP contribution >= 0.6 is 0 Å². The van der Waals surface area contributed by atoms with E-state index in [1.165, 1.54) is 45.2 Å². The first-order valence-corrected chi connectivity index (χ1v) is 8.20. The van der Waals surface area contributed by atoms with Crippen LogP contribution in [0.1, 0.15) is 32.1 Å². The summed E-state index contributed by atoms with van der Waals surface area (Å²) in [5.74, 6) is 0.882. The molecule has 2 heterocycles. The molecule has 3 fully saturated rings. The lowest BCUT2D eigenvalue weighted by molar-refractivity contribution is 0.0379. The molecule has 110 valence electrons. The summed E-state index contributed by atoms with van der Waals surface area (Å²) in [5.41, 5.74) is 0. The molecule has 3 rings (SSSR count). The molecule has 1 saturated carbocycles. The predicted octanol–water partition coefficient (Wildman–Crippen LogP) is 0.829. The Labute approximate surface area is 117 Å². The summed E-state index contributed by atoms with van der Waals surface area (Å²) in [7, 11) is 0. The normalized spacial score (nSPS) is 36.9. The smallest absolute Gasteiger partial charge is 0.0594 e. The molecule has 4 nitrogen and oxygen atoms in total. The molecule has 1 aliphatic carbocycles. The van der Waals surface area contributed by atoms with Crippen LogP contribution in [0.3, 0.4) is 0 Å². The summed E-state index contributed by atoms with van der Waals surface area (Å²) < 4.78 is 5.39. The van der Waals surface area contributed by atoms with E-state index >= 15 is 0 Å². The van der Waals surface area contributed by atoms with Crippen LogP contribution in [0.4, 0.5) is 0 Å². The van der Waals surface area contributed by atoms with E-state index in [9.17, 15) is 0 Å². The van der Waals surface area contributed by atoms with Crippen LogP contribution in [0.25, 0.3) is 0 Å². The molecule has 3 aliphatic rings. The third kappa shape index (κ3) is 3.69. The van der Waals surface area contributed by atoms with Gasteiger partial charge in [-0.3, -0.25) is 4.90 Å². The fourth-order valence-electron chi connectivity index (χ4n) is 4.03. The van der Waals surface area contributed by atoms with E-state index in [1.54, 1.807) is 0 Å². The van der Waals surface area contributed by atoms with Crippen LogP contribution in [0, 0.1) is 5.92 Å². The summed E-state index contributed by atoms with van der Waals surface area (Å²) in [6, 6.07) is 1.56. The van der Waals surface area contributed by atoms with Crippen molar-refractivity contribution in [1.82, 2.24) is 15.5 Å². The summed E-state index contributed by atoms with van der Waals surface area (Å²) in [6.45, 7) is 7.62. The van der Waals surface area contributed by atoms with E-state index in [0.29, 0.717) is 0 Å². The van der Waals surface area contributed by atoms with Crippen molar-refractivity contribution < 1.29 is 4.74 Å². The molecular formula is C15H29N3O. The number of nitrogens with zero attached hydrogens (tertiary/aromatic N) is 1. The third-order valence-corrected chi connectivity index (χ3v) is 5.12. The first-order chi connectivity index (χ1) is 9.43. The van der Waals surface area contributed by atoms with Gasteiger partial charge in [-0.25, -0.2) is 0 Å². The van der Waals surface area contributed by atoms with Crippen molar-refractivity contribution in [3.63, 3.8) is 0 Å². The van der Waals surface area contributed by atoms with Gasteiger partial charge in [-0.1, -0.05) is 6.42 Å². The molecule has 2 saturated heterocycles. The number of nitrogens with one attached hydrogen (secondary N) is 2. The zero-order valence-electron chi connectivity index (χ0n) is 12.1. The largest absolute Gasteiger partial charge is 0.379 e. The molecule has 19 heavy (non-hydrogen) atoms. The summed E-state index contributed by atoms with van der Waals surface area (Å²) in [6.07, 6.45) is 6.99. The lowest BCUT2D eigenvalue weighted by Gasteiger charge is -2.29. The van der Waals surface area contributed by atoms with Gasteiger partial charge in [0.2, 0.25) is 0 Å². The average Bonchev–Trinajstić information content (AvgIpc) is 3.10. The van der Waals surface area contributed by atoms with E-state index < -0.39 is 0 Å². The summed E-state index contributed by atoms with van der Waals surface area (Å²) in [4.78, 5) is 2.52. The Bertz CT molecular complexity index is 262. The lowest BCUT2D eigenvalue weighted by Crippen LogP contribution is -2.46. The number of hydrogen-bond donors (Lipinski definition) is 2. The van der Waals surface area contributed by atoms with Crippen molar-refractivity contribution in [3.05, 3.63) is 0 Å². The molecule has 0 aromatic carbocycles. The molecule has 0 spiro atoms. The standard InChI is InChI=1S/C15H29N3O/c1-3-13(15-5-2-6-16-15)14(4-1)17-7-8-18-9-11-19-12-10-18/h13-17H,1-12H2. The van der Waals surface area contributed by atoms with Crippen molar-refractivity contribution in [2.24, 2.45) is 5.92 Å². The molecule has 0 radical (unpaired) electrons. The van der Waals surface area contributed by atoms with Crippen molar-refractivity contribution in [2.45, 2.75) is 44.2 Å². The van der Waals surface area contributed by atoms with E-state index in [2.05, 4.69) is 15.5 Å². The molecule has 2 N–H and O–H groups in total. The van der Waals surface area contributed by atoms with Gasteiger partial charge < -0.3 is 15.4 Å². The fourth-order valence-corrected chi connectivity index (χ4v) is 4.03. The number of hydrogen-bond acceptors (Lipinski definition) is 4. The highest BCUT2D eigenvalue weighted by Gasteiger charge is 2.34. The third-order valence-electron chi connectivity index (χ3n) is 5.12. The second-order valence-corrected chi connectivity index (χ2v) is 6.31. The van der Waals surface area contributed by atoms with Gasteiger partial charge in [-0.05, 0) is 38.1 Å². The minimum atomic E-state index is 0.761. The van der Waals surface area contributed by atoms with Gasteiger partial charge in [0.1, 0.15) is 0 Å². The van der Waals surface area contributed by atoms with Crippen LogP contribution in [-0.2, 0) is 4.74 Å². The Kier molecular flexibility index (Phi) is 5.10. The van der Waals surface area contributed by atoms with Crippen molar-refractivity contribution in [2.75, 3.05) is 45.9 Å². The highest BCUT2D eigenvalue weighted by molar-refractivity contribution is 4.93. The molecule has 0 bridgehead atoms. The SMILES string of the molecule is C1CNC(C2CCCC2NCCN2CCOCC2)C1. The maximum absolute atomic E-state index is 5.39. The Morgan fingerprint density at radius 3 is 2.79 bits per heavy atom. The fraction of sp³-hybridized carbons (Fsp3) is 1.00. The topological polar surface area (TPSA) is 36.5 Å². The molecule has 3 unspecified atom stereocenters. The zero-order valence-corrected chi connectivity index (χ0v) is 12.1. The number of ether oxygens (including phenoxy) is 1. The molecule has 0 amide bonds. The Morgan fingerprint density at radius 1 is 1.11 bits per heavy atom. The van der Waals surface area contributed by atoms with Crippen molar-refractivity contribution in [3.8, 4) is 0 Å². The van der Waals surface area contributed by atoms with Crippen molar-refractivity contribution in [1.29, 1.82) is 0 Å². The van der Waals surface area contributed by atoms with Crippen LogP contribution in [0.5, 0.6) is 0 Å². The zero-order chi connectivity index (χ0) is 12.9. The second kappa shape index (κ2) is 7.02. The van der Waals surface area contributed by atoms with Crippen LogP contribution in [-0.4, -0.2) is 62.9 Å².